The minimum atomic E-state index is -0.792. The van der Waals surface area contributed by atoms with Crippen molar-refractivity contribution in [2.24, 2.45) is 0 Å². The van der Waals surface area contributed by atoms with Crippen LogP contribution in [0.25, 0.3) is 11.1 Å². The van der Waals surface area contributed by atoms with Crippen LogP contribution in [0.1, 0.15) is 33.4 Å². The molecule has 0 saturated carbocycles. The summed E-state index contributed by atoms with van der Waals surface area (Å²) in [5.74, 6) is 0. The lowest BCUT2D eigenvalue weighted by molar-refractivity contribution is 0.769. The Morgan fingerprint density at radius 1 is 0.302 bits per heavy atom. The van der Waals surface area contributed by atoms with Crippen LogP contribution >= 0.6 is 15.8 Å². The van der Waals surface area contributed by atoms with Crippen LogP contribution in [-0.2, 0) is 5.41 Å². The zero-order valence-corrected chi connectivity index (χ0v) is 31.8. The average Bonchev–Trinajstić information content (AvgIpc) is 3.50. The molecular formula is C51H40P2. The molecule has 0 unspecified atom stereocenters. The summed E-state index contributed by atoms with van der Waals surface area (Å²) in [7, 11) is -1.58. The van der Waals surface area contributed by atoms with Gasteiger partial charge in [0.15, 0.2) is 0 Å². The molecule has 8 aromatic rings. The van der Waals surface area contributed by atoms with Crippen molar-refractivity contribution in [2.75, 3.05) is 0 Å². The van der Waals surface area contributed by atoms with Crippen LogP contribution in [0.4, 0.5) is 0 Å². The highest BCUT2D eigenvalue weighted by molar-refractivity contribution is 7.80. The molecule has 0 amide bonds. The maximum absolute atomic E-state index is 2.57. The fraction of sp³-hybridized carbons (Fsp3) is 0.0588. The van der Waals surface area contributed by atoms with Gasteiger partial charge in [-0.2, -0.15) is 0 Å². The van der Waals surface area contributed by atoms with Crippen LogP contribution in [0.5, 0.6) is 0 Å². The second-order valence-electron chi connectivity index (χ2n) is 14.0. The maximum Gasteiger partial charge on any atom is 0.0714 e. The van der Waals surface area contributed by atoms with E-state index in [9.17, 15) is 0 Å². The molecule has 254 valence electrons. The van der Waals surface area contributed by atoms with Gasteiger partial charge in [-0.1, -0.05) is 205 Å². The molecule has 0 nitrogen and oxygen atoms in total. The van der Waals surface area contributed by atoms with E-state index in [2.05, 4.69) is 220 Å². The number of rotatable bonds is 8. The Balaban J connectivity index is 1.35. The molecule has 2 heteroatoms. The Morgan fingerprint density at radius 3 is 0.906 bits per heavy atom. The summed E-state index contributed by atoms with van der Waals surface area (Å²) in [6.45, 7) is 4.38. The SMILES string of the molecule is Cc1ccc(C2(c3ccc(C)cc3)c3cc(P(c4ccccc4)c4ccccc4)ccc3-c3ccc(P(c4ccccc4)c4ccccc4)cc32)cc1. The first-order valence-corrected chi connectivity index (χ1v) is 21.0. The molecule has 0 bridgehead atoms. The van der Waals surface area contributed by atoms with Crippen LogP contribution in [-0.4, -0.2) is 0 Å². The Kier molecular flexibility index (Phi) is 8.97. The van der Waals surface area contributed by atoms with Gasteiger partial charge in [-0.15, -0.1) is 0 Å². The normalized spacial score (nSPS) is 12.8. The molecule has 1 aliphatic carbocycles. The number of hydrogen-bond acceptors (Lipinski definition) is 0. The first-order valence-electron chi connectivity index (χ1n) is 18.4. The second-order valence-corrected chi connectivity index (χ2v) is 18.4. The topological polar surface area (TPSA) is 0 Å². The van der Waals surface area contributed by atoms with Gasteiger partial charge < -0.3 is 0 Å². The van der Waals surface area contributed by atoms with Gasteiger partial charge in [0.1, 0.15) is 0 Å². The third kappa shape index (κ3) is 5.98. The Morgan fingerprint density at radius 2 is 0.604 bits per heavy atom. The van der Waals surface area contributed by atoms with Crippen LogP contribution in [0.3, 0.4) is 0 Å². The molecule has 0 aliphatic heterocycles. The van der Waals surface area contributed by atoms with Gasteiger partial charge in [-0.05, 0) is 107 Å². The van der Waals surface area contributed by atoms with E-state index in [1.54, 1.807) is 0 Å². The molecule has 0 spiro atoms. The Bertz CT molecular complexity index is 2230. The van der Waals surface area contributed by atoms with E-state index in [1.807, 2.05) is 0 Å². The summed E-state index contributed by atoms with van der Waals surface area (Å²) in [5.41, 5.74) is 9.97. The zero-order valence-electron chi connectivity index (χ0n) is 30.0. The minimum Gasteiger partial charge on any atom is -0.0622 e. The molecular weight excluding hydrogens is 675 g/mol. The molecule has 0 heterocycles. The van der Waals surface area contributed by atoms with Gasteiger partial charge in [0.2, 0.25) is 0 Å². The first-order chi connectivity index (χ1) is 26.1. The highest BCUT2D eigenvalue weighted by atomic mass is 31.1. The van der Waals surface area contributed by atoms with E-state index in [0.29, 0.717) is 0 Å². The molecule has 0 radical (unpaired) electrons. The lowest BCUT2D eigenvalue weighted by Crippen LogP contribution is -2.31. The van der Waals surface area contributed by atoms with Crippen molar-refractivity contribution >= 4 is 47.7 Å². The number of aryl methyl sites for hydroxylation is 2. The summed E-state index contributed by atoms with van der Waals surface area (Å²) in [6, 6.07) is 77.8. The molecule has 0 atom stereocenters. The van der Waals surface area contributed by atoms with Crippen molar-refractivity contribution in [1.82, 2.24) is 0 Å². The van der Waals surface area contributed by atoms with E-state index in [4.69, 9.17) is 0 Å². The smallest absolute Gasteiger partial charge is 0.0622 e. The van der Waals surface area contributed by atoms with E-state index in [-0.39, 0.29) is 0 Å². The predicted octanol–water partition coefficient (Wildman–Crippen LogP) is 10.2. The van der Waals surface area contributed by atoms with E-state index >= 15 is 0 Å². The second kappa shape index (κ2) is 14.2. The van der Waals surface area contributed by atoms with Crippen LogP contribution in [0, 0.1) is 13.8 Å². The van der Waals surface area contributed by atoms with E-state index in [1.165, 1.54) is 76.3 Å². The van der Waals surface area contributed by atoms with Crippen molar-refractivity contribution in [3.05, 3.63) is 240 Å². The van der Waals surface area contributed by atoms with Gasteiger partial charge in [-0.25, -0.2) is 0 Å². The largest absolute Gasteiger partial charge is 0.0714 e. The molecule has 9 rings (SSSR count). The van der Waals surface area contributed by atoms with Gasteiger partial charge >= 0.3 is 0 Å². The summed E-state index contributed by atoms with van der Waals surface area (Å²) in [4.78, 5) is 0. The van der Waals surface area contributed by atoms with Crippen molar-refractivity contribution in [3.8, 4) is 11.1 Å². The lowest BCUT2D eigenvalue weighted by atomic mass is 9.67. The third-order valence-electron chi connectivity index (χ3n) is 10.6. The summed E-state index contributed by atoms with van der Waals surface area (Å²) >= 11 is 0. The fourth-order valence-corrected chi connectivity index (χ4v) is 12.8. The first kappa shape index (κ1) is 33.5. The molecule has 0 aromatic heterocycles. The van der Waals surface area contributed by atoms with E-state index < -0.39 is 21.3 Å². The summed E-state index contributed by atoms with van der Waals surface area (Å²) in [5, 5.41) is 8.17. The van der Waals surface area contributed by atoms with Crippen LogP contribution < -0.4 is 31.8 Å². The van der Waals surface area contributed by atoms with Crippen molar-refractivity contribution in [2.45, 2.75) is 19.3 Å². The van der Waals surface area contributed by atoms with Crippen molar-refractivity contribution < 1.29 is 0 Å². The molecule has 0 N–H and O–H groups in total. The average molecular weight is 715 g/mol. The zero-order chi connectivity index (χ0) is 35.8. The maximum atomic E-state index is 2.57. The highest BCUT2D eigenvalue weighted by Crippen LogP contribution is 2.57. The van der Waals surface area contributed by atoms with Crippen molar-refractivity contribution in [3.63, 3.8) is 0 Å². The molecule has 0 saturated heterocycles. The quantitative estimate of drug-likeness (QED) is 0.138. The number of hydrogen-bond donors (Lipinski definition) is 0. The standard InChI is InChI=1S/C51H40P2/c1-37-23-27-39(28-24-37)51(40-29-25-38(2)26-30-40)49-35-45(52(41-15-7-3-8-16-41)42-17-9-4-10-18-42)31-33-47(49)48-34-32-46(36-50(48)51)53(43-19-11-5-12-20-43)44-21-13-6-14-22-44/h3-36H,1-2H3. The van der Waals surface area contributed by atoms with Gasteiger partial charge in [0, 0.05) is 0 Å². The molecule has 8 aromatic carbocycles. The fourth-order valence-electron chi connectivity index (χ4n) is 8.18. The number of fused-ring (bicyclic) bond motifs is 3. The molecule has 1 aliphatic rings. The lowest BCUT2D eigenvalue weighted by Gasteiger charge is -2.35. The summed E-state index contributed by atoms with van der Waals surface area (Å²) < 4.78 is 0. The Labute approximate surface area is 316 Å². The highest BCUT2D eigenvalue weighted by Gasteiger charge is 2.47. The van der Waals surface area contributed by atoms with Crippen LogP contribution in [0.2, 0.25) is 0 Å². The Hall–Kier alpha value is -5.38. The third-order valence-corrected chi connectivity index (χ3v) is 15.5. The monoisotopic (exact) mass is 714 g/mol. The number of benzene rings is 8. The van der Waals surface area contributed by atoms with Crippen molar-refractivity contribution in [1.29, 1.82) is 0 Å². The van der Waals surface area contributed by atoms with E-state index in [0.717, 1.165) is 0 Å². The van der Waals surface area contributed by atoms with Gasteiger partial charge in [0.05, 0.1) is 5.41 Å². The van der Waals surface area contributed by atoms with Crippen LogP contribution in [0.15, 0.2) is 206 Å². The summed E-state index contributed by atoms with van der Waals surface area (Å²) in [6.07, 6.45) is 0. The predicted molar refractivity (Wildman–Crippen MR) is 231 cm³/mol. The molecule has 53 heavy (non-hydrogen) atoms. The molecule has 0 fully saturated rings. The van der Waals surface area contributed by atoms with Gasteiger partial charge in [0.25, 0.3) is 0 Å². The van der Waals surface area contributed by atoms with Gasteiger partial charge in [-0.3, -0.25) is 0 Å². The minimum absolute atomic E-state index is 0.513.